The molecule has 0 aliphatic carbocycles. The molecule has 1 N–H and O–H groups in total. The lowest BCUT2D eigenvalue weighted by atomic mass is 10.2. The fourth-order valence-corrected chi connectivity index (χ4v) is 3.91. The summed E-state index contributed by atoms with van der Waals surface area (Å²) in [5, 5.41) is 9.03. The summed E-state index contributed by atoms with van der Waals surface area (Å²) >= 11 is 0. The summed E-state index contributed by atoms with van der Waals surface area (Å²) in [4.78, 5) is 10.9. The van der Waals surface area contributed by atoms with Crippen molar-refractivity contribution in [1.29, 1.82) is 0 Å². The van der Waals surface area contributed by atoms with E-state index in [1.165, 1.54) is 23.5 Å². The van der Waals surface area contributed by atoms with Gasteiger partial charge in [-0.1, -0.05) is 11.6 Å². The lowest BCUT2D eigenvalue weighted by molar-refractivity contribution is 0.0696. The molecule has 0 fully saturated rings. The molecule has 2 rings (SSSR count). The van der Waals surface area contributed by atoms with Crippen LogP contribution in [0.2, 0.25) is 0 Å². The van der Waals surface area contributed by atoms with Crippen LogP contribution >= 0.6 is 0 Å². The SMILES string of the molecule is COc1ccc(C(=O)O)cc1S(=O)(=O)N1CCC=C(C)C1. The minimum Gasteiger partial charge on any atom is -0.495 e. The predicted octanol–water partition coefficient (Wildman–Crippen LogP) is 1.73. The quantitative estimate of drug-likeness (QED) is 0.856. The monoisotopic (exact) mass is 311 g/mol. The van der Waals surface area contributed by atoms with Gasteiger partial charge in [0, 0.05) is 13.1 Å². The number of sulfonamides is 1. The molecule has 1 heterocycles. The average molecular weight is 311 g/mol. The van der Waals surface area contributed by atoms with E-state index in [0.29, 0.717) is 19.5 Å². The average Bonchev–Trinajstić information content (AvgIpc) is 2.46. The molecule has 21 heavy (non-hydrogen) atoms. The van der Waals surface area contributed by atoms with Crippen LogP contribution in [0.5, 0.6) is 5.75 Å². The Morgan fingerprint density at radius 3 is 2.67 bits per heavy atom. The fourth-order valence-electron chi connectivity index (χ4n) is 2.23. The first-order chi connectivity index (χ1) is 9.86. The maximum Gasteiger partial charge on any atom is 0.335 e. The molecule has 6 nitrogen and oxygen atoms in total. The Kier molecular flexibility index (Phi) is 4.34. The minimum atomic E-state index is -3.79. The largest absolute Gasteiger partial charge is 0.495 e. The highest BCUT2D eigenvalue weighted by Crippen LogP contribution is 2.29. The second-order valence-electron chi connectivity index (χ2n) is 4.85. The van der Waals surface area contributed by atoms with Gasteiger partial charge in [0.05, 0.1) is 12.7 Å². The third-order valence-corrected chi connectivity index (χ3v) is 5.19. The topological polar surface area (TPSA) is 83.9 Å². The number of hydrogen-bond acceptors (Lipinski definition) is 4. The molecule has 0 spiro atoms. The maximum atomic E-state index is 12.7. The van der Waals surface area contributed by atoms with Gasteiger partial charge in [-0.2, -0.15) is 4.31 Å². The van der Waals surface area contributed by atoms with Crippen molar-refractivity contribution in [3.05, 3.63) is 35.4 Å². The third-order valence-electron chi connectivity index (χ3n) is 3.33. The minimum absolute atomic E-state index is 0.0846. The van der Waals surface area contributed by atoms with Gasteiger partial charge in [0.2, 0.25) is 10.0 Å². The molecule has 1 aromatic rings. The van der Waals surface area contributed by atoms with Crippen molar-refractivity contribution >= 4 is 16.0 Å². The van der Waals surface area contributed by atoms with Crippen LogP contribution in [-0.2, 0) is 10.0 Å². The number of carboxylic acid groups (broad SMARTS) is 1. The van der Waals surface area contributed by atoms with Crippen LogP contribution in [0.4, 0.5) is 0 Å². The van der Waals surface area contributed by atoms with E-state index in [-0.39, 0.29) is 16.2 Å². The molecule has 1 aliphatic rings. The Hall–Kier alpha value is -1.86. The molecule has 0 amide bonds. The Labute approximate surface area is 123 Å². The zero-order valence-corrected chi connectivity index (χ0v) is 12.7. The number of hydrogen-bond donors (Lipinski definition) is 1. The van der Waals surface area contributed by atoms with Gasteiger partial charge in [-0.3, -0.25) is 0 Å². The fraction of sp³-hybridized carbons (Fsp3) is 0.357. The lowest BCUT2D eigenvalue weighted by Crippen LogP contribution is -2.35. The molecule has 1 aromatic carbocycles. The van der Waals surface area contributed by atoms with E-state index in [9.17, 15) is 13.2 Å². The standard InChI is InChI=1S/C14H17NO5S/c1-10-4-3-7-15(9-10)21(18,19)13-8-11(14(16)17)5-6-12(13)20-2/h4-6,8H,3,7,9H2,1-2H3,(H,16,17). The highest BCUT2D eigenvalue weighted by atomic mass is 32.2. The number of rotatable bonds is 4. The van der Waals surface area contributed by atoms with Crippen LogP contribution in [-0.4, -0.2) is 44.0 Å². The van der Waals surface area contributed by atoms with E-state index in [1.807, 2.05) is 13.0 Å². The lowest BCUT2D eigenvalue weighted by Gasteiger charge is -2.26. The van der Waals surface area contributed by atoms with Crippen LogP contribution < -0.4 is 4.74 Å². The second-order valence-corrected chi connectivity index (χ2v) is 6.75. The van der Waals surface area contributed by atoms with Gasteiger partial charge >= 0.3 is 5.97 Å². The second kappa shape index (κ2) is 5.87. The molecule has 114 valence electrons. The van der Waals surface area contributed by atoms with Gasteiger partial charge in [0.25, 0.3) is 0 Å². The Morgan fingerprint density at radius 2 is 2.10 bits per heavy atom. The predicted molar refractivity (Wildman–Crippen MR) is 77.1 cm³/mol. The zero-order chi connectivity index (χ0) is 15.6. The molecule has 0 saturated carbocycles. The first kappa shape index (κ1) is 15.5. The van der Waals surface area contributed by atoms with E-state index in [1.54, 1.807) is 0 Å². The molecular weight excluding hydrogens is 294 g/mol. The highest BCUT2D eigenvalue weighted by molar-refractivity contribution is 7.89. The first-order valence-electron chi connectivity index (χ1n) is 6.43. The van der Waals surface area contributed by atoms with Crippen LogP contribution in [0, 0.1) is 0 Å². The van der Waals surface area contributed by atoms with Gasteiger partial charge in [-0.25, -0.2) is 13.2 Å². The first-order valence-corrected chi connectivity index (χ1v) is 7.87. The number of methoxy groups -OCH3 is 1. The van der Waals surface area contributed by atoms with Crippen molar-refractivity contribution in [3.63, 3.8) is 0 Å². The molecule has 0 atom stereocenters. The van der Waals surface area contributed by atoms with Crippen molar-refractivity contribution in [2.45, 2.75) is 18.2 Å². The van der Waals surface area contributed by atoms with Crippen molar-refractivity contribution in [2.24, 2.45) is 0 Å². The number of carbonyl (C=O) groups is 1. The molecule has 0 saturated heterocycles. The van der Waals surface area contributed by atoms with Gasteiger partial charge in [0.1, 0.15) is 10.6 Å². The van der Waals surface area contributed by atoms with Gasteiger partial charge < -0.3 is 9.84 Å². The number of benzene rings is 1. The summed E-state index contributed by atoms with van der Waals surface area (Å²) in [6, 6.07) is 3.83. The highest BCUT2D eigenvalue weighted by Gasteiger charge is 2.29. The normalized spacial score (nSPS) is 16.4. The van der Waals surface area contributed by atoms with E-state index in [2.05, 4.69) is 0 Å². The summed E-state index contributed by atoms with van der Waals surface area (Å²) in [7, 11) is -2.43. The smallest absolute Gasteiger partial charge is 0.335 e. The van der Waals surface area contributed by atoms with Crippen LogP contribution in [0.3, 0.4) is 0 Å². The maximum absolute atomic E-state index is 12.7. The molecule has 7 heteroatoms. The molecule has 0 unspecified atom stereocenters. The number of carboxylic acids is 1. The summed E-state index contributed by atoms with van der Waals surface area (Å²) in [5.41, 5.74) is 0.886. The number of ether oxygens (including phenoxy) is 1. The van der Waals surface area contributed by atoms with Gasteiger partial charge in [0.15, 0.2) is 0 Å². The molecule has 1 aliphatic heterocycles. The van der Waals surface area contributed by atoms with Crippen LogP contribution in [0.1, 0.15) is 23.7 Å². The molecule has 0 bridgehead atoms. The summed E-state index contributed by atoms with van der Waals surface area (Å²) < 4.78 is 31.8. The summed E-state index contributed by atoms with van der Waals surface area (Å²) in [6.45, 7) is 2.55. The Morgan fingerprint density at radius 1 is 1.38 bits per heavy atom. The van der Waals surface area contributed by atoms with E-state index in [0.717, 1.165) is 11.6 Å². The molecule has 0 radical (unpaired) electrons. The summed E-state index contributed by atoms with van der Waals surface area (Å²) in [6.07, 6.45) is 2.64. The Balaban J connectivity index is 2.50. The zero-order valence-electron chi connectivity index (χ0n) is 11.9. The Bertz CT molecular complexity index is 693. The van der Waals surface area contributed by atoms with Gasteiger partial charge in [-0.15, -0.1) is 0 Å². The molecule has 0 aromatic heterocycles. The molecular formula is C14H17NO5S. The van der Waals surface area contributed by atoms with Crippen LogP contribution in [0.25, 0.3) is 0 Å². The number of nitrogens with zero attached hydrogens (tertiary/aromatic N) is 1. The van der Waals surface area contributed by atoms with Crippen molar-refractivity contribution in [2.75, 3.05) is 20.2 Å². The van der Waals surface area contributed by atoms with Crippen LogP contribution in [0.15, 0.2) is 34.7 Å². The summed E-state index contributed by atoms with van der Waals surface area (Å²) in [5.74, 6) is -1.03. The van der Waals surface area contributed by atoms with Crippen molar-refractivity contribution < 1.29 is 23.1 Å². The van der Waals surface area contributed by atoms with Crippen molar-refractivity contribution in [1.82, 2.24) is 4.31 Å². The number of aromatic carboxylic acids is 1. The third kappa shape index (κ3) is 3.08. The van der Waals surface area contributed by atoms with Gasteiger partial charge in [-0.05, 0) is 31.5 Å². The van der Waals surface area contributed by atoms with Crippen molar-refractivity contribution in [3.8, 4) is 5.75 Å². The van der Waals surface area contributed by atoms with E-state index < -0.39 is 16.0 Å². The van der Waals surface area contributed by atoms with E-state index >= 15 is 0 Å². The van der Waals surface area contributed by atoms with E-state index in [4.69, 9.17) is 9.84 Å².